The molecule has 2 aromatic rings. The van der Waals surface area contributed by atoms with Crippen LogP contribution in [-0.2, 0) is 0 Å². The number of hydrogen-bond acceptors (Lipinski definition) is 3. The molecule has 0 aliphatic carbocycles. The molecule has 0 bridgehead atoms. The summed E-state index contributed by atoms with van der Waals surface area (Å²) in [5.41, 5.74) is 1.04. The molecule has 0 amide bonds. The molecule has 1 heterocycles. The molecule has 2 rings (SSSR count). The largest absolute Gasteiger partial charge is 0.339 e. The lowest BCUT2D eigenvalue weighted by Gasteiger charge is -2.20. The average Bonchev–Trinajstić information content (AvgIpc) is 2.34. The highest BCUT2D eigenvalue weighted by atomic mass is 79.9. The van der Waals surface area contributed by atoms with E-state index in [1.807, 2.05) is 23.9 Å². The fourth-order valence-electron chi connectivity index (χ4n) is 1.61. The third-order valence-corrected chi connectivity index (χ3v) is 4.25. The third-order valence-electron chi connectivity index (χ3n) is 2.35. The molecule has 106 valence electrons. The van der Waals surface area contributed by atoms with Gasteiger partial charge in [0.2, 0.25) is 0 Å². The summed E-state index contributed by atoms with van der Waals surface area (Å²) >= 11 is 11.2. The van der Waals surface area contributed by atoms with Crippen LogP contribution in [-0.4, -0.2) is 9.73 Å². The van der Waals surface area contributed by atoms with E-state index in [2.05, 4.69) is 65.2 Å². The van der Waals surface area contributed by atoms with Gasteiger partial charge in [-0.3, -0.25) is 0 Å². The standard InChI is InChI=1S/C15H16BrClN2S/c1-15(2,3)20-13-6-4-10(16)8-12(13)19-14-7-5-11(17)9-18-14/h4-9H,1-3H3,(H,18,19). The van der Waals surface area contributed by atoms with Crippen molar-refractivity contribution in [3.05, 3.63) is 46.0 Å². The van der Waals surface area contributed by atoms with Crippen LogP contribution >= 0.6 is 39.3 Å². The Balaban J connectivity index is 2.29. The van der Waals surface area contributed by atoms with Crippen molar-refractivity contribution < 1.29 is 0 Å². The number of aromatic nitrogens is 1. The number of nitrogens with one attached hydrogen (secondary N) is 1. The molecule has 20 heavy (non-hydrogen) atoms. The minimum absolute atomic E-state index is 0.150. The summed E-state index contributed by atoms with van der Waals surface area (Å²) in [6.45, 7) is 6.60. The number of anilines is 2. The zero-order chi connectivity index (χ0) is 14.8. The Kier molecular flexibility index (Phi) is 4.99. The highest BCUT2D eigenvalue weighted by Gasteiger charge is 2.15. The Hall–Kier alpha value is -0.710. The van der Waals surface area contributed by atoms with Gasteiger partial charge in [0.25, 0.3) is 0 Å². The Bertz CT molecular complexity index is 594. The van der Waals surface area contributed by atoms with E-state index < -0.39 is 0 Å². The maximum atomic E-state index is 5.86. The molecule has 0 saturated heterocycles. The number of benzene rings is 1. The first-order chi connectivity index (χ1) is 9.33. The Morgan fingerprint density at radius 3 is 2.55 bits per heavy atom. The quantitative estimate of drug-likeness (QED) is 0.657. The second-order valence-electron chi connectivity index (χ2n) is 5.34. The Morgan fingerprint density at radius 2 is 1.95 bits per heavy atom. The highest BCUT2D eigenvalue weighted by Crippen LogP contribution is 2.38. The van der Waals surface area contributed by atoms with E-state index >= 15 is 0 Å². The monoisotopic (exact) mass is 370 g/mol. The minimum Gasteiger partial charge on any atom is -0.339 e. The topological polar surface area (TPSA) is 24.9 Å². The maximum absolute atomic E-state index is 5.86. The molecule has 1 aromatic heterocycles. The molecule has 0 atom stereocenters. The van der Waals surface area contributed by atoms with Crippen molar-refractivity contribution >= 4 is 50.8 Å². The number of rotatable bonds is 3. The molecule has 0 aliphatic heterocycles. The number of nitrogens with zero attached hydrogens (tertiary/aromatic N) is 1. The van der Waals surface area contributed by atoms with Gasteiger partial charge in [0.05, 0.1) is 10.7 Å². The van der Waals surface area contributed by atoms with Crippen LogP contribution < -0.4 is 5.32 Å². The van der Waals surface area contributed by atoms with E-state index in [1.54, 1.807) is 6.20 Å². The smallest absolute Gasteiger partial charge is 0.130 e. The number of hydrogen-bond donors (Lipinski definition) is 1. The van der Waals surface area contributed by atoms with E-state index in [1.165, 1.54) is 4.90 Å². The molecule has 0 spiro atoms. The molecular formula is C15H16BrClN2S. The lowest BCUT2D eigenvalue weighted by molar-refractivity contribution is 0.803. The molecule has 0 unspecified atom stereocenters. The van der Waals surface area contributed by atoms with Gasteiger partial charge < -0.3 is 5.32 Å². The van der Waals surface area contributed by atoms with Crippen LogP contribution in [0.1, 0.15) is 20.8 Å². The first-order valence-corrected chi connectivity index (χ1v) is 8.19. The minimum atomic E-state index is 0.150. The van der Waals surface area contributed by atoms with Gasteiger partial charge >= 0.3 is 0 Å². The van der Waals surface area contributed by atoms with Crippen LogP contribution in [0.25, 0.3) is 0 Å². The van der Waals surface area contributed by atoms with Gasteiger partial charge in [-0.2, -0.15) is 0 Å². The van der Waals surface area contributed by atoms with Gasteiger partial charge in [-0.1, -0.05) is 48.3 Å². The first kappa shape index (κ1) is 15.7. The molecule has 1 N–H and O–H groups in total. The lowest BCUT2D eigenvalue weighted by Crippen LogP contribution is -2.07. The van der Waals surface area contributed by atoms with Crippen LogP contribution in [0.2, 0.25) is 5.02 Å². The van der Waals surface area contributed by atoms with Crippen molar-refractivity contribution in [1.82, 2.24) is 4.98 Å². The Morgan fingerprint density at radius 1 is 1.20 bits per heavy atom. The van der Waals surface area contributed by atoms with Crippen LogP contribution in [0.15, 0.2) is 45.9 Å². The molecule has 0 radical (unpaired) electrons. The predicted octanol–water partition coefficient (Wildman–Crippen LogP) is 6.13. The highest BCUT2D eigenvalue weighted by molar-refractivity contribution is 9.10. The van der Waals surface area contributed by atoms with E-state index in [0.29, 0.717) is 5.02 Å². The lowest BCUT2D eigenvalue weighted by atomic mass is 10.3. The Labute approximate surface area is 137 Å². The van der Waals surface area contributed by atoms with E-state index in [9.17, 15) is 0 Å². The van der Waals surface area contributed by atoms with Gasteiger partial charge in [-0.05, 0) is 30.3 Å². The van der Waals surface area contributed by atoms with Crippen molar-refractivity contribution in [3.63, 3.8) is 0 Å². The van der Waals surface area contributed by atoms with Crippen molar-refractivity contribution in [3.8, 4) is 0 Å². The third kappa shape index (κ3) is 4.69. The van der Waals surface area contributed by atoms with Gasteiger partial charge in [0.1, 0.15) is 5.82 Å². The molecule has 2 nitrogen and oxygen atoms in total. The van der Waals surface area contributed by atoms with Crippen LogP contribution in [0.5, 0.6) is 0 Å². The molecule has 0 fully saturated rings. The van der Waals surface area contributed by atoms with E-state index in [4.69, 9.17) is 11.6 Å². The molecular weight excluding hydrogens is 356 g/mol. The number of halogens is 2. The first-order valence-electron chi connectivity index (χ1n) is 6.21. The van der Waals surface area contributed by atoms with Gasteiger partial charge in [0.15, 0.2) is 0 Å². The summed E-state index contributed by atoms with van der Waals surface area (Å²) in [6.07, 6.45) is 1.64. The van der Waals surface area contributed by atoms with Crippen molar-refractivity contribution in [1.29, 1.82) is 0 Å². The van der Waals surface area contributed by atoms with Gasteiger partial charge in [0, 0.05) is 20.3 Å². The zero-order valence-electron chi connectivity index (χ0n) is 11.6. The number of pyridine rings is 1. The summed E-state index contributed by atoms with van der Waals surface area (Å²) in [6, 6.07) is 9.91. The summed E-state index contributed by atoms with van der Waals surface area (Å²) in [5.74, 6) is 0.781. The maximum Gasteiger partial charge on any atom is 0.130 e. The summed E-state index contributed by atoms with van der Waals surface area (Å²) in [4.78, 5) is 5.47. The zero-order valence-corrected chi connectivity index (χ0v) is 14.7. The van der Waals surface area contributed by atoms with Crippen molar-refractivity contribution in [2.24, 2.45) is 0 Å². The SMILES string of the molecule is CC(C)(C)Sc1ccc(Br)cc1Nc1ccc(Cl)cn1. The van der Waals surface area contributed by atoms with Crippen LogP contribution in [0.3, 0.4) is 0 Å². The predicted molar refractivity (Wildman–Crippen MR) is 92.3 cm³/mol. The second-order valence-corrected chi connectivity index (χ2v) is 8.56. The van der Waals surface area contributed by atoms with Gasteiger partial charge in [-0.15, -0.1) is 11.8 Å². The van der Waals surface area contributed by atoms with Gasteiger partial charge in [-0.25, -0.2) is 4.98 Å². The fourth-order valence-corrected chi connectivity index (χ4v) is 3.10. The number of thioether (sulfide) groups is 1. The summed E-state index contributed by atoms with van der Waals surface area (Å²) in [5, 5.41) is 3.98. The molecule has 0 aliphatic rings. The van der Waals surface area contributed by atoms with E-state index in [-0.39, 0.29) is 4.75 Å². The summed E-state index contributed by atoms with van der Waals surface area (Å²) in [7, 11) is 0. The second kappa shape index (κ2) is 6.37. The van der Waals surface area contributed by atoms with E-state index in [0.717, 1.165) is 16.0 Å². The molecule has 0 saturated carbocycles. The van der Waals surface area contributed by atoms with Crippen molar-refractivity contribution in [2.75, 3.05) is 5.32 Å². The molecule has 1 aromatic carbocycles. The average molecular weight is 372 g/mol. The fraction of sp³-hybridized carbons (Fsp3) is 0.267. The van der Waals surface area contributed by atoms with Crippen LogP contribution in [0.4, 0.5) is 11.5 Å². The summed E-state index contributed by atoms with van der Waals surface area (Å²) < 4.78 is 1.18. The molecule has 5 heteroatoms. The van der Waals surface area contributed by atoms with Crippen molar-refractivity contribution in [2.45, 2.75) is 30.4 Å². The normalized spacial score (nSPS) is 11.4. The van der Waals surface area contributed by atoms with Crippen LogP contribution in [0, 0.1) is 0 Å².